The van der Waals surface area contributed by atoms with E-state index in [0.29, 0.717) is 11.1 Å². The Morgan fingerprint density at radius 1 is 1.10 bits per heavy atom. The number of ether oxygens (including phenoxy) is 1. The van der Waals surface area contributed by atoms with Gasteiger partial charge in [0.05, 0.1) is 12.8 Å². The first-order valence-electron chi connectivity index (χ1n) is 5.90. The first-order valence-corrected chi connectivity index (χ1v) is 5.90. The van der Waals surface area contributed by atoms with Gasteiger partial charge in [0.25, 0.3) is 0 Å². The smallest absolute Gasteiger partial charge is 0.232 e. The Hall–Kier alpha value is -2.70. The molecule has 0 bridgehead atoms. The van der Waals surface area contributed by atoms with Gasteiger partial charge in [0.1, 0.15) is 11.1 Å². The Morgan fingerprint density at radius 3 is 2.48 bits per heavy atom. The van der Waals surface area contributed by atoms with Crippen molar-refractivity contribution in [3.63, 3.8) is 0 Å². The van der Waals surface area contributed by atoms with Crippen LogP contribution in [-0.2, 0) is 0 Å². The van der Waals surface area contributed by atoms with Gasteiger partial charge in [0.2, 0.25) is 11.7 Å². The van der Waals surface area contributed by atoms with Gasteiger partial charge in [0, 0.05) is 0 Å². The minimum absolute atomic E-state index is 0.299. The average molecular weight is 294 g/mol. The third-order valence-corrected chi connectivity index (χ3v) is 3.03. The molecule has 0 spiro atoms. The maximum Gasteiger partial charge on any atom is 0.232 e. The number of hydrogen-bond donors (Lipinski definition) is 1. The summed E-state index contributed by atoms with van der Waals surface area (Å²) in [6.07, 6.45) is 0. The Balaban J connectivity index is 2.32. The molecule has 3 rings (SSSR count). The minimum atomic E-state index is -1.48. The number of halogens is 3. The van der Waals surface area contributed by atoms with Crippen LogP contribution in [0.15, 0.2) is 28.7 Å². The summed E-state index contributed by atoms with van der Waals surface area (Å²) in [4.78, 5) is 3.98. The van der Waals surface area contributed by atoms with Crippen molar-refractivity contribution < 1.29 is 22.3 Å². The number of anilines is 1. The summed E-state index contributed by atoms with van der Waals surface area (Å²) in [5, 5.41) is 0. The molecular weight excluding hydrogens is 285 g/mol. The fourth-order valence-corrected chi connectivity index (χ4v) is 2.02. The Morgan fingerprint density at radius 2 is 1.81 bits per heavy atom. The number of methoxy groups -OCH3 is 1. The van der Waals surface area contributed by atoms with E-state index in [1.807, 2.05) is 0 Å². The number of hydrogen-bond acceptors (Lipinski definition) is 4. The molecule has 1 heterocycles. The summed E-state index contributed by atoms with van der Waals surface area (Å²) in [6, 6.07) is 6.60. The predicted molar refractivity (Wildman–Crippen MR) is 70.3 cm³/mol. The van der Waals surface area contributed by atoms with Crippen molar-refractivity contribution in [3.8, 4) is 17.2 Å². The fraction of sp³-hybridized carbons (Fsp3) is 0.0714. The second kappa shape index (κ2) is 4.69. The van der Waals surface area contributed by atoms with Gasteiger partial charge in [-0.15, -0.1) is 0 Å². The summed E-state index contributed by atoms with van der Waals surface area (Å²) < 4.78 is 51.6. The highest BCUT2D eigenvalue weighted by Gasteiger charge is 2.28. The van der Waals surface area contributed by atoms with Crippen molar-refractivity contribution in [3.05, 3.63) is 41.7 Å². The molecule has 3 aromatic rings. The first kappa shape index (κ1) is 13.3. The molecule has 2 N–H and O–H groups in total. The van der Waals surface area contributed by atoms with E-state index in [4.69, 9.17) is 10.2 Å². The monoisotopic (exact) mass is 294 g/mol. The van der Waals surface area contributed by atoms with Crippen LogP contribution >= 0.6 is 0 Å². The van der Waals surface area contributed by atoms with Crippen molar-refractivity contribution in [2.75, 3.05) is 12.8 Å². The lowest BCUT2D eigenvalue weighted by molar-refractivity contribution is 0.348. The Bertz CT molecular complexity index is 784. The summed E-state index contributed by atoms with van der Waals surface area (Å²) >= 11 is 0. The summed E-state index contributed by atoms with van der Waals surface area (Å²) in [5.74, 6) is -5.25. The normalized spacial score (nSPS) is 11.0. The number of benzene rings is 2. The lowest BCUT2D eigenvalue weighted by atomic mass is 10.1. The molecule has 0 fully saturated rings. The number of nitrogens with two attached hydrogens (primary N) is 1. The maximum atomic E-state index is 14.1. The van der Waals surface area contributed by atoms with E-state index in [2.05, 4.69) is 9.72 Å². The first-order chi connectivity index (χ1) is 10.0. The second-order valence-electron chi connectivity index (χ2n) is 4.25. The molecule has 2 aromatic carbocycles. The van der Waals surface area contributed by atoms with E-state index in [-0.39, 0.29) is 5.89 Å². The van der Waals surface area contributed by atoms with Gasteiger partial charge in [-0.25, -0.2) is 13.8 Å². The number of rotatable bonds is 2. The molecule has 0 saturated heterocycles. The van der Waals surface area contributed by atoms with Crippen molar-refractivity contribution in [1.29, 1.82) is 0 Å². The number of fused-ring (bicyclic) bond motifs is 1. The van der Waals surface area contributed by atoms with E-state index in [1.54, 1.807) is 24.3 Å². The zero-order valence-electron chi connectivity index (χ0n) is 10.8. The molecule has 108 valence electrons. The zero-order valence-corrected chi connectivity index (χ0v) is 10.8. The standard InChI is InChI=1S/C14H9F3N2O2/c1-20-13-10(16)9(15)8(12(18)11(13)17)14-19-6-4-2-3-5-7(6)21-14/h2-5H,18H2,1H3. The van der Waals surface area contributed by atoms with Crippen LogP contribution in [0.5, 0.6) is 5.75 Å². The van der Waals surface area contributed by atoms with Gasteiger partial charge in [-0.05, 0) is 12.1 Å². The van der Waals surface area contributed by atoms with Crippen LogP contribution in [0, 0.1) is 17.5 Å². The van der Waals surface area contributed by atoms with Crippen LogP contribution in [-0.4, -0.2) is 12.1 Å². The third kappa shape index (κ3) is 1.89. The molecule has 0 unspecified atom stereocenters. The van der Waals surface area contributed by atoms with Crippen LogP contribution in [0.4, 0.5) is 18.9 Å². The minimum Gasteiger partial charge on any atom is -0.491 e. The molecule has 4 nitrogen and oxygen atoms in total. The lowest BCUT2D eigenvalue weighted by Gasteiger charge is -2.10. The Labute approximate surface area is 116 Å². The molecule has 0 atom stereocenters. The number of aromatic nitrogens is 1. The summed E-state index contributed by atoms with van der Waals surface area (Å²) in [5.41, 5.74) is 5.10. The molecule has 0 amide bonds. The average Bonchev–Trinajstić information content (AvgIpc) is 2.89. The number of para-hydroxylation sites is 2. The highest BCUT2D eigenvalue weighted by atomic mass is 19.2. The van der Waals surface area contributed by atoms with Gasteiger partial charge >= 0.3 is 0 Å². The largest absolute Gasteiger partial charge is 0.491 e. The molecule has 0 aliphatic heterocycles. The number of oxazole rings is 1. The summed E-state index contributed by atoms with van der Waals surface area (Å²) in [6.45, 7) is 0. The highest BCUT2D eigenvalue weighted by Crippen LogP contribution is 2.38. The summed E-state index contributed by atoms with van der Waals surface area (Å²) in [7, 11) is 1.01. The molecule has 0 radical (unpaired) electrons. The fourth-order valence-electron chi connectivity index (χ4n) is 2.02. The van der Waals surface area contributed by atoms with Crippen LogP contribution < -0.4 is 10.5 Å². The molecule has 0 aliphatic carbocycles. The van der Waals surface area contributed by atoms with Crippen molar-refractivity contribution in [1.82, 2.24) is 4.98 Å². The predicted octanol–water partition coefficient (Wildman–Crippen LogP) is 3.50. The van der Waals surface area contributed by atoms with Gasteiger partial charge in [-0.3, -0.25) is 0 Å². The maximum absolute atomic E-state index is 14.1. The molecule has 7 heteroatoms. The molecule has 0 aliphatic rings. The number of nitrogen functional groups attached to an aromatic ring is 1. The highest BCUT2D eigenvalue weighted by molar-refractivity contribution is 5.80. The zero-order chi connectivity index (χ0) is 15.1. The van der Waals surface area contributed by atoms with Crippen LogP contribution in [0.2, 0.25) is 0 Å². The van der Waals surface area contributed by atoms with Crippen molar-refractivity contribution in [2.24, 2.45) is 0 Å². The van der Waals surface area contributed by atoms with Crippen LogP contribution in [0.25, 0.3) is 22.6 Å². The molecular formula is C14H9F3N2O2. The quantitative estimate of drug-likeness (QED) is 0.580. The van der Waals surface area contributed by atoms with Crippen LogP contribution in [0.1, 0.15) is 0 Å². The van der Waals surface area contributed by atoms with Crippen molar-refractivity contribution in [2.45, 2.75) is 0 Å². The SMILES string of the molecule is COc1c(F)c(N)c(-c2nc3ccccc3o2)c(F)c1F. The molecule has 0 saturated carbocycles. The topological polar surface area (TPSA) is 61.3 Å². The molecule has 21 heavy (non-hydrogen) atoms. The van der Waals surface area contributed by atoms with Gasteiger partial charge in [-0.1, -0.05) is 12.1 Å². The van der Waals surface area contributed by atoms with E-state index in [9.17, 15) is 13.2 Å². The lowest BCUT2D eigenvalue weighted by Crippen LogP contribution is -2.05. The number of nitrogens with zero attached hydrogens (tertiary/aromatic N) is 1. The van der Waals surface area contributed by atoms with Gasteiger partial charge in [0.15, 0.2) is 23.0 Å². The van der Waals surface area contributed by atoms with E-state index in [1.165, 1.54) is 0 Å². The molecule has 1 aromatic heterocycles. The third-order valence-electron chi connectivity index (χ3n) is 3.03. The Kier molecular flexibility index (Phi) is 2.97. The van der Waals surface area contributed by atoms with E-state index < -0.39 is 34.5 Å². The van der Waals surface area contributed by atoms with Gasteiger partial charge in [-0.2, -0.15) is 4.39 Å². The van der Waals surface area contributed by atoms with Crippen molar-refractivity contribution >= 4 is 16.8 Å². The second-order valence-corrected chi connectivity index (χ2v) is 4.25. The van der Waals surface area contributed by atoms with E-state index >= 15 is 0 Å². The van der Waals surface area contributed by atoms with Crippen LogP contribution in [0.3, 0.4) is 0 Å². The van der Waals surface area contributed by atoms with Gasteiger partial charge < -0.3 is 14.9 Å². The van der Waals surface area contributed by atoms with E-state index in [0.717, 1.165) is 7.11 Å².